The number of carbonyl (C=O) groups excluding carboxylic acids is 3. The maximum Gasteiger partial charge on any atom is 0.328 e. The molecule has 0 bridgehead atoms. The van der Waals surface area contributed by atoms with Crippen LogP contribution in [0.3, 0.4) is 0 Å². The van der Waals surface area contributed by atoms with Gasteiger partial charge >= 0.3 is 6.03 Å². The SMILES string of the molecule is C[C@@H]1CNc2c(sc3ccc4nc(-c5ccc(N6CCC(CN7CCN(c8cccc9c(N%10CCC(=O)NC%10=O)cncc89)CC7)CC6)cc5)ccc4c23)C(=O)N1. The lowest BCUT2D eigenvalue weighted by atomic mass is 9.95. The van der Waals surface area contributed by atoms with Crippen LogP contribution in [0.4, 0.5) is 27.5 Å². The van der Waals surface area contributed by atoms with Crippen molar-refractivity contribution < 1.29 is 14.4 Å². The largest absolute Gasteiger partial charge is 0.381 e. The fourth-order valence-corrected chi connectivity index (χ4v) is 10.2. The Hall–Kier alpha value is -5.79. The maximum atomic E-state index is 12.9. The number of amides is 4. The first-order valence-corrected chi connectivity index (χ1v) is 20.9. The molecule has 12 nitrogen and oxygen atoms in total. The van der Waals surface area contributed by atoms with Gasteiger partial charge in [-0.3, -0.25) is 29.7 Å². The first kappa shape index (κ1) is 35.6. The molecule has 0 radical (unpaired) electrons. The van der Waals surface area contributed by atoms with Crippen LogP contribution in [0.5, 0.6) is 0 Å². The van der Waals surface area contributed by atoms with Crippen LogP contribution in [0.25, 0.3) is 43.0 Å². The molecular weight excluding hydrogens is 735 g/mol. The van der Waals surface area contributed by atoms with E-state index in [1.54, 1.807) is 11.1 Å². The summed E-state index contributed by atoms with van der Waals surface area (Å²) in [6.45, 7) is 10.2. The lowest BCUT2D eigenvalue weighted by molar-refractivity contribution is -0.120. The molecule has 10 rings (SSSR count). The Balaban J connectivity index is 0.750. The number of hydrogen-bond donors (Lipinski definition) is 3. The first-order valence-electron chi connectivity index (χ1n) is 20.1. The molecule has 7 heterocycles. The quantitative estimate of drug-likeness (QED) is 0.170. The van der Waals surface area contributed by atoms with Crippen molar-refractivity contribution in [3.05, 3.63) is 84.0 Å². The molecule has 0 unspecified atom stereocenters. The molecule has 1 atom stereocenters. The molecule has 3 fully saturated rings. The fraction of sp³-hybridized carbons (Fsp3) is 0.341. The number of aromatic nitrogens is 2. The Kier molecular flexibility index (Phi) is 9.13. The van der Waals surface area contributed by atoms with Gasteiger partial charge in [-0.15, -0.1) is 11.3 Å². The van der Waals surface area contributed by atoms with Gasteiger partial charge in [-0.25, -0.2) is 9.78 Å². The third-order valence-corrected chi connectivity index (χ3v) is 13.3. The van der Waals surface area contributed by atoms with E-state index in [4.69, 9.17) is 4.98 Å². The van der Waals surface area contributed by atoms with Crippen LogP contribution in [0.1, 0.15) is 35.9 Å². The topological polar surface area (TPSA) is 126 Å². The molecule has 57 heavy (non-hydrogen) atoms. The van der Waals surface area contributed by atoms with Crippen molar-refractivity contribution in [2.24, 2.45) is 5.92 Å². The van der Waals surface area contributed by atoms with Crippen molar-refractivity contribution in [3.8, 4) is 11.3 Å². The van der Waals surface area contributed by atoms with E-state index >= 15 is 0 Å². The number of piperazine rings is 1. The predicted molar refractivity (Wildman–Crippen MR) is 229 cm³/mol. The number of carbonyl (C=O) groups is 3. The van der Waals surface area contributed by atoms with E-state index in [0.717, 1.165) is 111 Å². The molecule has 4 amide bonds. The summed E-state index contributed by atoms with van der Waals surface area (Å²) in [6, 6.07) is 23.2. The third-order valence-electron chi connectivity index (χ3n) is 12.2. The molecule has 3 saturated heterocycles. The van der Waals surface area contributed by atoms with Crippen molar-refractivity contribution in [2.75, 3.05) is 78.9 Å². The number of imide groups is 1. The number of piperidine rings is 1. The number of hydrogen-bond acceptors (Lipinski definition) is 10. The van der Waals surface area contributed by atoms with Gasteiger partial charge in [0.1, 0.15) is 4.88 Å². The van der Waals surface area contributed by atoms with Crippen molar-refractivity contribution in [1.29, 1.82) is 0 Å². The zero-order chi connectivity index (χ0) is 38.6. The molecular formula is C44H45N9O3S. The minimum atomic E-state index is -0.390. The summed E-state index contributed by atoms with van der Waals surface area (Å²) < 4.78 is 1.09. The summed E-state index contributed by atoms with van der Waals surface area (Å²) in [4.78, 5) is 56.8. The van der Waals surface area contributed by atoms with Crippen LogP contribution >= 0.6 is 11.3 Å². The van der Waals surface area contributed by atoms with Gasteiger partial charge in [-0.2, -0.15) is 0 Å². The number of thiophene rings is 1. The van der Waals surface area contributed by atoms with Gasteiger partial charge in [0.05, 0.1) is 28.8 Å². The number of benzene rings is 3. The Bertz CT molecular complexity index is 2540. The molecule has 3 aromatic heterocycles. The number of nitrogens with one attached hydrogen (secondary N) is 3. The lowest BCUT2D eigenvalue weighted by Crippen LogP contribution is -2.49. The van der Waals surface area contributed by atoms with E-state index in [9.17, 15) is 14.4 Å². The van der Waals surface area contributed by atoms with Crippen molar-refractivity contribution in [2.45, 2.75) is 32.2 Å². The van der Waals surface area contributed by atoms with Crippen LogP contribution in [0.2, 0.25) is 0 Å². The van der Waals surface area contributed by atoms with Crippen molar-refractivity contribution in [3.63, 3.8) is 0 Å². The maximum absolute atomic E-state index is 12.9. The standard InChI is InChI=1S/C44H45N9O3S/c1-27-23-46-41-40-32-9-10-34(48-35(32)11-12-38(40)57-42(41)43(55)47-27)29-5-7-30(8-6-29)51-16-13-28(14-17-51)26-50-19-21-52(22-20-50)36-4-2-3-31-33(36)24-45-25-37(31)53-18-15-39(54)49-44(53)56/h2-12,24-25,27-28,46H,13-23,26H2,1H3,(H,47,55)(H,49,54,56)/t27-/m1/s1. The van der Waals surface area contributed by atoms with Gasteiger partial charge in [-0.05, 0) is 68.1 Å². The summed E-state index contributed by atoms with van der Waals surface area (Å²) in [5.74, 6) is 0.427. The predicted octanol–water partition coefficient (Wildman–Crippen LogP) is 6.69. The monoisotopic (exact) mass is 779 g/mol. The minimum Gasteiger partial charge on any atom is -0.381 e. The molecule has 0 aliphatic carbocycles. The molecule has 0 spiro atoms. The highest BCUT2D eigenvalue weighted by molar-refractivity contribution is 7.21. The van der Waals surface area contributed by atoms with Crippen LogP contribution in [0.15, 0.2) is 79.1 Å². The Morgan fingerprint density at radius 1 is 0.789 bits per heavy atom. The van der Waals surface area contributed by atoms with E-state index < -0.39 is 0 Å². The molecule has 3 N–H and O–H groups in total. The minimum absolute atomic E-state index is 0.0128. The zero-order valence-electron chi connectivity index (χ0n) is 32.0. The number of nitrogens with zero attached hydrogens (tertiary/aromatic N) is 6. The average molecular weight is 780 g/mol. The summed E-state index contributed by atoms with van der Waals surface area (Å²) >= 11 is 1.54. The zero-order valence-corrected chi connectivity index (χ0v) is 32.8. The fourth-order valence-electron chi connectivity index (χ4n) is 9.09. The van der Waals surface area contributed by atoms with E-state index in [1.807, 2.05) is 19.2 Å². The van der Waals surface area contributed by atoms with E-state index in [0.29, 0.717) is 19.0 Å². The lowest BCUT2D eigenvalue weighted by Gasteiger charge is -2.40. The number of rotatable bonds is 6. The van der Waals surface area contributed by atoms with Crippen molar-refractivity contribution in [1.82, 2.24) is 25.5 Å². The average Bonchev–Trinajstić information content (AvgIpc) is 3.56. The van der Waals surface area contributed by atoms with Crippen LogP contribution in [-0.4, -0.2) is 97.7 Å². The van der Waals surface area contributed by atoms with Crippen molar-refractivity contribution >= 4 is 83.7 Å². The molecule has 6 aromatic rings. The number of anilines is 4. The number of urea groups is 1. The Morgan fingerprint density at radius 3 is 2.42 bits per heavy atom. The summed E-state index contributed by atoms with van der Waals surface area (Å²) in [5.41, 5.74) is 7.03. The number of fused-ring (bicyclic) bond motifs is 6. The van der Waals surface area contributed by atoms with E-state index in [1.165, 1.54) is 29.9 Å². The van der Waals surface area contributed by atoms with Gasteiger partial charge < -0.3 is 20.4 Å². The van der Waals surface area contributed by atoms with Gasteiger partial charge in [-0.1, -0.05) is 24.3 Å². The second-order valence-corrected chi connectivity index (χ2v) is 16.9. The van der Waals surface area contributed by atoms with Gasteiger partial charge in [0.15, 0.2) is 0 Å². The van der Waals surface area contributed by atoms with Gasteiger partial charge in [0.25, 0.3) is 5.91 Å². The Labute approximate surface area is 334 Å². The van der Waals surface area contributed by atoms with Crippen LogP contribution in [-0.2, 0) is 4.79 Å². The van der Waals surface area contributed by atoms with Gasteiger partial charge in [0.2, 0.25) is 5.91 Å². The van der Waals surface area contributed by atoms with E-state index in [-0.39, 0.29) is 30.3 Å². The Morgan fingerprint density at radius 2 is 1.61 bits per heavy atom. The molecule has 3 aromatic carbocycles. The normalized spacial score (nSPS) is 19.8. The van der Waals surface area contributed by atoms with E-state index in [2.05, 4.69) is 96.3 Å². The molecule has 290 valence electrons. The highest BCUT2D eigenvalue weighted by Gasteiger charge is 2.29. The molecule has 0 saturated carbocycles. The third kappa shape index (κ3) is 6.68. The van der Waals surface area contributed by atoms with Gasteiger partial charge in [0, 0.05) is 121 Å². The second-order valence-electron chi connectivity index (χ2n) is 15.8. The first-order chi connectivity index (χ1) is 27.9. The number of pyridine rings is 2. The molecule has 4 aliphatic rings. The summed E-state index contributed by atoms with van der Waals surface area (Å²) in [6.07, 6.45) is 6.26. The summed E-state index contributed by atoms with van der Waals surface area (Å²) in [7, 11) is 0. The highest BCUT2D eigenvalue weighted by atomic mass is 32.1. The summed E-state index contributed by atoms with van der Waals surface area (Å²) in [5, 5.41) is 13.2. The molecule has 4 aliphatic heterocycles. The highest BCUT2D eigenvalue weighted by Crippen LogP contribution is 2.41. The smallest absolute Gasteiger partial charge is 0.328 e. The molecule has 13 heteroatoms. The van der Waals surface area contributed by atoms with Crippen LogP contribution < -0.4 is 30.7 Å². The van der Waals surface area contributed by atoms with Crippen LogP contribution in [0, 0.1) is 5.92 Å². The second kappa shape index (κ2) is 14.6.